The summed E-state index contributed by atoms with van der Waals surface area (Å²) in [6.45, 7) is 1.72. The van der Waals surface area contributed by atoms with Crippen LogP contribution < -0.4 is 15.8 Å². The second-order valence-electron chi connectivity index (χ2n) is 4.59. The Hall–Kier alpha value is -1.76. The molecule has 3 N–H and O–H groups in total. The summed E-state index contributed by atoms with van der Waals surface area (Å²) in [4.78, 5) is 15.7. The molecule has 0 saturated heterocycles. The molecule has 2 rings (SSSR count). The average Bonchev–Trinajstić information content (AvgIpc) is 3.00. The van der Waals surface area contributed by atoms with Crippen molar-refractivity contribution in [2.45, 2.75) is 19.4 Å². The molecule has 0 saturated carbocycles. The van der Waals surface area contributed by atoms with Gasteiger partial charge in [-0.2, -0.15) is 0 Å². The minimum absolute atomic E-state index is 0. The maximum absolute atomic E-state index is 11.7. The van der Waals surface area contributed by atoms with E-state index in [1.165, 1.54) is 0 Å². The van der Waals surface area contributed by atoms with Crippen LogP contribution in [0.5, 0.6) is 5.75 Å². The molecule has 1 aromatic heterocycles. The van der Waals surface area contributed by atoms with Crippen molar-refractivity contribution in [2.75, 3.05) is 18.5 Å². The van der Waals surface area contributed by atoms with E-state index in [2.05, 4.69) is 10.3 Å². The first-order valence-electron chi connectivity index (χ1n) is 6.97. The summed E-state index contributed by atoms with van der Waals surface area (Å²) >= 11 is 0. The van der Waals surface area contributed by atoms with Gasteiger partial charge in [0.05, 0.1) is 18.6 Å². The van der Waals surface area contributed by atoms with Crippen LogP contribution >= 0.6 is 24.8 Å². The number of imidazole rings is 1. The Balaban J connectivity index is 0.00000242. The SMILES string of the molecule is Cl.Cl.NCCCC(=O)Nc1ccccc1OCCn1ccnc1. The normalized spacial score (nSPS) is 9.43. The first kappa shape index (κ1) is 21.2. The number of benzene rings is 1. The molecule has 0 unspecified atom stereocenters. The van der Waals surface area contributed by atoms with Crippen LogP contribution in [0.25, 0.3) is 0 Å². The summed E-state index contributed by atoms with van der Waals surface area (Å²) in [5.41, 5.74) is 6.09. The molecule has 1 heterocycles. The third-order valence-corrected chi connectivity index (χ3v) is 2.94. The van der Waals surface area contributed by atoms with Crippen LogP contribution in [0, 0.1) is 0 Å². The number of aromatic nitrogens is 2. The van der Waals surface area contributed by atoms with Crippen LogP contribution in [-0.4, -0.2) is 28.6 Å². The number of nitrogens with one attached hydrogen (secondary N) is 1. The van der Waals surface area contributed by atoms with Crippen LogP contribution in [0.1, 0.15) is 12.8 Å². The summed E-state index contributed by atoms with van der Waals surface area (Å²) in [6.07, 6.45) is 6.44. The summed E-state index contributed by atoms with van der Waals surface area (Å²) in [5.74, 6) is 0.616. The van der Waals surface area contributed by atoms with Crippen LogP contribution in [0.4, 0.5) is 5.69 Å². The molecule has 0 spiro atoms. The van der Waals surface area contributed by atoms with Gasteiger partial charge in [0.15, 0.2) is 0 Å². The number of hydrogen-bond donors (Lipinski definition) is 2. The quantitative estimate of drug-likeness (QED) is 0.757. The number of nitrogens with zero attached hydrogens (tertiary/aromatic N) is 2. The van der Waals surface area contributed by atoms with Gasteiger partial charge in [-0.05, 0) is 25.1 Å². The van der Waals surface area contributed by atoms with E-state index >= 15 is 0 Å². The Labute approximate surface area is 148 Å². The number of anilines is 1. The van der Waals surface area contributed by atoms with E-state index < -0.39 is 0 Å². The molecule has 0 radical (unpaired) electrons. The number of nitrogens with two attached hydrogens (primary N) is 1. The van der Waals surface area contributed by atoms with Crippen molar-refractivity contribution in [3.8, 4) is 5.75 Å². The molecule has 0 bridgehead atoms. The van der Waals surface area contributed by atoms with Crippen LogP contribution in [0.2, 0.25) is 0 Å². The molecule has 1 aromatic carbocycles. The Morgan fingerprint density at radius 2 is 2.09 bits per heavy atom. The van der Waals surface area contributed by atoms with Gasteiger partial charge in [0, 0.05) is 18.8 Å². The number of hydrogen-bond acceptors (Lipinski definition) is 4. The molecule has 0 aliphatic carbocycles. The lowest BCUT2D eigenvalue weighted by Gasteiger charge is -2.12. The molecule has 128 valence electrons. The topological polar surface area (TPSA) is 82.2 Å². The molecule has 0 aliphatic heterocycles. The number of amides is 1. The number of halogens is 2. The van der Waals surface area contributed by atoms with Gasteiger partial charge in [0.25, 0.3) is 0 Å². The summed E-state index contributed by atoms with van der Waals surface area (Å²) in [7, 11) is 0. The van der Waals surface area contributed by atoms with Gasteiger partial charge in [-0.15, -0.1) is 24.8 Å². The van der Waals surface area contributed by atoms with Crippen molar-refractivity contribution >= 4 is 36.4 Å². The second-order valence-corrected chi connectivity index (χ2v) is 4.59. The largest absolute Gasteiger partial charge is 0.490 e. The lowest BCUT2D eigenvalue weighted by atomic mass is 10.2. The van der Waals surface area contributed by atoms with Crippen LogP contribution in [-0.2, 0) is 11.3 Å². The molecule has 23 heavy (non-hydrogen) atoms. The smallest absolute Gasteiger partial charge is 0.224 e. The second kappa shape index (κ2) is 11.8. The highest BCUT2D eigenvalue weighted by Gasteiger charge is 2.07. The molecule has 8 heteroatoms. The highest BCUT2D eigenvalue weighted by Crippen LogP contribution is 2.23. The molecule has 0 atom stereocenters. The third kappa shape index (κ3) is 7.36. The zero-order valence-corrected chi connectivity index (χ0v) is 14.3. The maximum atomic E-state index is 11.7. The van der Waals surface area contributed by atoms with Gasteiger partial charge in [-0.25, -0.2) is 4.98 Å². The van der Waals surface area contributed by atoms with E-state index in [1.54, 1.807) is 12.5 Å². The fourth-order valence-corrected chi connectivity index (χ4v) is 1.85. The monoisotopic (exact) mass is 360 g/mol. The van der Waals surface area contributed by atoms with Crippen LogP contribution in [0.15, 0.2) is 43.0 Å². The highest BCUT2D eigenvalue weighted by atomic mass is 35.5. The fourth-order valence-electron chi connectivity index (χ4n) is 1.85. The van der Waals surface area contributed by atoms with E-state index in [4.69, 9.17) is 10.5 Å². The highest BCUT2D eigenvalue weighted by molar-refractivity contribution is 5.92. The molecule has 0 aliphatic rings. The minimum atomic E-state index is -0.0499. The zero-order chi connectivity index (χ0) is 14.9. The van der Waals surface area contributed by atoms with Crippen molar-refractivity contribution in [1.82, 2.24) is 9.55 Å². The van der Waals surface area contributed by atoms with Crippen molar-refractivity contribution in [1.29, 1.82) is 0 Å². The molecule has 0 fully saturated rings. The molecular weight excluding hydrogens is 339 g/mol. The third-order valence-electron chi connectivity index (χ3n) is 2.94. The standard InChI is InChI=1S/C15H20N4O2.2ClH/c16-7-3-6-15(20)18-13-4-1-2-5-14(13)21-11-10-19-9-8-17-12-19;;/h1-2,4-5,8-9,12H,3,6-7,10-11,16H2,(H,18,20);2*1H. The van der Waals surface area contributed by atoms with Crippen molar-refractivity contribution in [3.05, 3.63) is 43.0 Å². The predicted molar refractivity (Wildman–Crippen MR) is 95.6 cm³/mol. The van der Waals surface area contributed by atoms with Gasteiger partial charge < -0.3 is 20.4 Å². The Morgan fingerprint density at radius 3 is 2.78 bits per heavy atom. The number of ether oxygens (including phenoxy) is 1. The Morgan fingerprint density at radius 1 is 1.30 bits per heavy atom. The number of carbonyl (C=O) groups excluding carboxylic acids is 1. The average molecular weight is 361 g/mol. The van der Waals surface area contributed by atoms with Gasteiger partial charge in [0.1, 0.15) is 12.4 Å². The molecular formula is C15H22Cl2N4O2. The van der Waals surface area contributed by atoms with Gasteiger partial charge in [-0.3, -0.25) is 4.79 Å². The summed E-state index contributed by atoms with van der Waals surface area (Å²) in [5, 5.41) is 2.85. The van der Waals surface area contributed by atoms with Crippen molar-refractivity contribution in [2.24, 2.45) is 5.73 Å². The van der Waals surface area contributed by atoms with E-state index in [-0.39, 0.29) is 30.7 Å². The van der Waals surface area contributed by atoms with Gasteiger partial charge >= 0.3 is 0 Å². The Kier molecular flexibility index (Phi) is 10.9. The summed E-state index contributed by atoms with van der Waals surface area (Å²) < 4.78 is 7.66. The predicted octanol–water partition coefficient (Wildman–Crippen LogP) is 2.48. The fraction of sp³-hybridized carbons (Fsp3) is 0.333. The lowest BCUT2D eigenvalue weighted by Crippen LogP contribution is -2.15. The molecule has 2 aromatic rings. The maximum Gasteiger partial charge on any atom is 0.224 e. The molecule has 6 nitrogen and oxygen atoms in total. The first-order chi connectivity index (χ1) is 10.3. The van der Waals surface area contributed by atoms with Crippen LogP contribution in [0.3, 0.4) is 0 Å². The van der Waals surface area contributed by atoms with Gasteiger partial charge in [-0.1, -0.05) is 12.1 Å². The first-order valence-corrected chi connectivity index (χ1v) is 6.97. The Bertz CT molecular complexity index is 564. The number of para-hydroxylation sites is 2. The van der Waals surface area contributed by atoms with E-state index in [1.807, 2.05) is 35.0 Å². The van der Waals surface area contributed by atoms with E-state index in [9.17, 15) is 4.79 Å². The van der Waals surface area contributed by atoms with Crippen molar-refractivity contribution < 1.29 is 9.53 Å². The van der Waals surface area contributed by atoms with E-state index in [0.717, 1.165) is 0 Å². The zero-order valence-electron chi connectivity index (χ0n) is 12.7. The molecule has 1 amide bonds. The van der Waals surface area contributed by atoms with Gasteiger partial charge in [0.2, 0.25) is 5.91 Å². The minimum Gasteiger partial charge on any atom is -0.490 e. The summed E-state index contributed by atoms with van der Waals surface area (Å²) in [6, 6.07) is 7.41. The lowest BCUT2D eigenvalue weighted by molar-refractivity contribution is -0.116. The van der Waals surface area contributed by atoms with Crippen molar-refractivity contribution in [3.63, 3.8) is 0 Å². The number of carbonyl (C=O) groups is 1. The van der Waals surface area contributed by atoms with E-state index in [0.29, 0.717) is 44.0 Å². The number of rotatable bonds is 8.